The van der Waals surface area contributed by atoms with Crippen molar-refractivity contribution < 1.29 is 22.9 Å². The zero-order valence-electron chi connectivity index (χ0n) is 19.9. The van der Waals surface area contributed by atoms with Gasteiger partial charge in [-0.25, -0.2) is 17.8 Å². The maximum absolute atomic E-state index is 12.9. The van der Waals surface area contributed by atoms with Crippen LogP contribution in [0.15, 0.2) is 23.1 Å². The second-order valence-electron chi connectivity index (χ2n) is 8.88. The van der Waals surface area contributed by atoms with Gasteiger partial charge in [-0.05, 0) is 54.0 Å². The van der Waals surface area contributed by atoms with E-state index in [1.165, 1.54) is 10.7 Å². The number of aromatic nitrogens is 2. The molecule has 2 rings (SSSR count). The number of nitrogens with zero attached hydrogens (tertiary/aromatic N) is 3. The largest absolute Gasteiger partial charge is 0.438 e. The Bertz CT molecular complexity index is 1150. The second-order valence-corrected chi connectivity index (χ2v) is 10.6. The van der Waals surface area contributed by atoms with Gasteiger partial charge in [0.05, 0.1) is 10.5 Å². The zero-order valence-corrected chi connectivity index (χ0v) is 20.7. The van der Waals surface area contributed by atoms with E-state index in [0.717, 1.165) is 12.1 Å². The SMILES string of the molecule is CCCNS(=O)(=O)c1cc([N+](=O)[O-])ccc1Oc1c(C)c(C(=O)NC(C)C)nn1C(C)(C)C. The van der Waals surface area contributed by atoms with Crippen LogP contribution in [0.3, 0.4) is 0 Å². The number of nitrogens with one attached hydrogen (secondary N) is 2. The Morgan fingerprint density at radius 3 is 2.45 bits per heavy atom. The summed E-state index contributed by atoms with van der Waals surface area (Å²) in [6.45, 7) is 12.8. The number of amides is 1. The topological polar surface area (TPSA) is 145 Å². The summed E-state index contributed by atoms with van der Waals surface area (Å²) in [5, 5.41) is 18.5. The smallest absolute Gasteiger partial charge is 0.272 e. The number of hydrogen-bond donors (Lipinski definition) is 2. The minimum atomic E-state index is -4.10. The number of carbonyl (C=O) groups excluding carboxylic acids is 1. The third-order valence-electron chi connectivity index (χ3n) is 4.51. The third-order valence-corrected chi connectivity index (χ3v) is 6.00. The molecule has 0 bridgehead atoms. The fourth-order valence-electron chi connectivity index (χ4n) is 2.92. The van der Waals surface area contributed by atoms with Crippen molar-refractivity contribution in [1.29, 1.82) is 0 Å². The van der Waals surface area contributed by atoms with E-state index < -0.39 is 32.1 Å². The van der Waals surface area contributed by atoms with Crippen LogP contribution in [0, 0.1) is 17.0 Å². The molecule has 0 fully saturated rings. The van der Waals surface area contributed by atoms with E-state index in [1.807, 2.05) is 34.6 Å². The van der Waals surface area contributed by atoms with Crippen molar-refractivity contribution >= 4 is 21.6 Å². The number of ether oxygens (including phenoxy) is 1. The van der Waals surface area contributed by atoms with Crippen LogP contribution in [-0.2, 0) is 15.6 Å². The van der Waals surface area contributed by atoms with Gasteiger partial charge in [-0.2, -0.15) is 5.10 Å². The quantitative estimate of drug-likeness (QED) is 0.412. The lowest BCUT2D eigenvalue weighted by Crippen LogP contribution is -2.31. The van der Waals surface area contributed by atoms with E-state index in [2.05, 4.69) is 15.1 Å². The summed E-state index contributed by atoms with van der Waals surface area (Å²) in [5.41, 5.74) is -0.455. The van der Waals surface area contributed by atoms with Gasteiger partial charge in [0.2, 0.25) is 15.9 Å². The molecule has 0 atom stereocenters. The highest BCUT2D eigenvalue weighted by molar-refractivity contribution is 7.89. The van der Waals surface area contributed by atoms with Crippen molar-refractivity contribution in [3.05, 3.63) is 39.6 Å². The van der Waals surface area contributed by atoms with E-state index >= 15 is 0 Å². The van der Waals surface area contributed by atoms with Crippen LogP contribution in [0.25, 0.3) is 0 Å². The summed E-state index contributed by atoms with van der Waals surface area (Å²) < 4.78 is 35.7. The van der Waals surface area contributed by atoms with Gasteiger partial charge in [0, 0.05) is 30.3 Å². The lowest BCUT2D eigenvalue weighted by Gasteiger charge is -2.22. The van der Waals surface area contributed by atoms with Crippen molar-refractivity contribution in [2.45, 2.75) is 71.4 Å². The first-order valence-electron chi connectivity index (χ1n) is 10.6. The fraction of sp³-hybridized carbons (Fsp3) is 0.524. The molecule has 0 saturated heterocycles. The molecule has 1 aromatic heterocycles. The Kier molecular flexibility index (Phi) is 7.86. The van der Waals surface area contributed by atoms with Gasteiger partial charge >= 0.3 is 0 Å². The highest BCUT2D eigenvalue weighted by Gasteiger charge is 2.30. The fourth-order valence-corrected chi connectivity index (χ4v) is 4.20. The molecule has 0 spiro atoms. The summed E-state index contributed by atoms with van der Waals surface area (Å²) in [7, 11) is -4.10. The number of rotatable bonds is 9. The van der Waals surface area contributed by atoms with Crippen LogP contribution >= 0.6 is 0 Å². The van der Waals surface area contributed by atoms with Gasteiger partial charge in [-0.1, -0.05) is 6.92 Å². The minimum Gasteiger partial charge on any atom is -0.438 e. The number of nitro benzene ring substituents is 1. The predicted octanol–water partition coefficient (Wildman–Crippen LogP) is 3.47. The van der Waals surface area contributed by atoms with Gasteiger partial charge in [0.15, 0.2) is 5.69 Å². The number of sulfonamides is 1. The standard InChI is InChI=1S/C21H31N5O6S/c1-8-11-22-33(30,31)17-12-15(26(28)29)9-10-16(17)32-20-14(4)18(19(27)23-13(2)3)24-25(20)21(5,6)7/h9-10,12-13,22H,8,11H2,1-7H3,(H,23,27). The van der Waals surface area contributed by atoms with Gasteiger partial charge < -0.3 is 10.1 Å². The van der Waals surface area contributed by atoms with E-state index in [-0.39, 0.29) is 34.8 Å². The molecule has 12 heteroatoms. The molecule has 33 heavy (non-hydrogen) atoms. The normalized spacial score (nSPS) is 12.1. The lowest BCUT2D eigenvalue weighted by atomic mass is 10.1. The molecule has 182 valence electrons. The number of hydrogen-bond acceptors (Lipinski definition) is 7. The number of nitro groups is 1. The molecule has 2 N–H and O–H groups in total. The van der Waals surface area contributed by atoms with Crippen LogP contribution in [0.4, 0.5) is 5.69 Å². The lowest BCUT2D eigenvalue weighted by molar-refractivity contribution is -0.385. The first-order chi connectivity index (χ1) is 15.2. The molecular weight excluding hydrogens is 450 g/mol. The second kappa shape index (κ2) is 9.87. The Hall–Kier alpha value is -2.99. The zero-order chi connectivity index (χ0) is 25.1. The molecule has 0 aliphatic rings. The third kappa shape index (κ3) is 6.08. The summed E-state index contributed by atoms with van der Waals surface area (Å²) in [6.07, 6.45) is 0.536. The van der Waals surface area contributed by atoms with E-state index in [0.29, 0.717) is 12.0 Å². The Morgan fingerprint density at radius 2 is 1.94 bits per heavy atom. The molecule has 1 amide bonds. The highest BCUT2D eigenvalue weighted by atomic mass is 32.2. The van der Waals surface area contributed by atoms with E-state index in [1.54, 1.807) is 13.8 Å². The molecule has 1 heterocycles. The van der Waals surface area contributed by atoms with Gasteiger partial charge in [-0.3, -0.25) is 14.9 Å². The molecule has 0 radical (unpaired) electrons. The molecule has 1 aromatic carbocycles. The number of non-ortho nitro benzene ring substituents is 1. The molecule has 0 unspecified atom stereocenters. The Balaban J connectivity index is 2.68. The first kappa shape index (κ1) is 26.3. The summed E-state index contributed by atoms with van der Waals surface area (Å²) in [5.74, 6) is -0.345. The summed E-state index contributed by atoms with van der Waals surface area (Å²) in [6, 6.07) is 3.23. The average Bonchev–Trinajstić information content (AvgIpc) is 3.02. The van der Waals surface area contributed by atoms with Crippen molar-refractivity contribution in [1.82, 2.24) is 19.8 Å². The Labute approximate surface area is 193 Å². The minimum absolute atomic E-state index is 0.114. The van der Waals surface area contributed by atoms with Gasteiger partial charge in [-0.15, -0.1) is 0 Å². The van der Waals surface area contributed by atoms with Crippen molar-refractivity contribution in [3.63, 3.8) is 0 Å². The van der Waals surface area contributed by atoms with Crippen molar-refractivity contribution in [2.24, 2.45) is 0 Å². The molecule has 0 aliphatic heterocycles. The van der Waals surface area contributed by atoms with Gasteiger partial charge in [0.25, 0.3) is 11.6 Å². The van der Waals surface area contributed by atoms with Gasteiger partial charge in [0.1, 0.15) is 10.6 Å². The van der Waals surface area contributed by atoms with Crippen molar-refractivity contribution in [2.75, 3.05) is 6.54 Å². The first-order valence-corrected chi connectivity index (χ1v) is 12.0. The average molecular weight is 482 g/mol. The number of carbonyl (C=O) groups is 1. The maximum Gasteiger partial charge on any atom is 0.272 e. The summed E-state index contributed by atoms with van der Waals surface area (Å²) in [4.78, 5) is 22.9. The summed E-state index contributed by atoms with van der Waals surface area (Å²) >= 11 is 0. The molecular formula is C21H31N5O6S. The van der Waals surface area contributed by atoms with Crippen molar-refractivity contribution in [3.8, 4) is 11.6 Å². The van der Waals surface area contributed by atoms with Crippen LogP contribution in [0.1, 0.15) is 64.0 Å². The maximum atomic E-state index is 12.9. The molecule has 11 nitrogen and oxygen atoms in total. The van der Waals surface area contributed by atoms with Crippen LogP contribution in [0.2, 0.25) is 0 Å². The van der Waals surface area contributed by atoms with E-state index in [9.17, 15) is 23.3 Å². The van der Waals surface area contributed by atoms with E-state index in [4.69, 9.17) is 4.74 Å². The molecule has 2 aromatic rings. The van der Waals surface area contributed by atoms with Crippen LogP contribution < -0.4 is 14.8 Å². The highest BCUT2D eigenvalue weighted by Crippen LogP contribution is 2.36. The monoisotopic (exact) mass is 481 g/mol. The molecule has 0 saturated carbocycles. The molecule has 0 aliphatic carbocycles. The van der Waals surface area contributed by atoms with Crippen LogP contribution in [-0.4, -0.2) is 41.6 Å². The van der Waals surface area contributed by atoms with Crippen LogP contribution in [0.5, 0.6) is 11.6 Å². The number of benzene rings is 1. The Morgan fingerprint density at radius 1 is 1.30 bits per heavy atom. The predicted molar refractivity (Wildman–Crippen MR) is 123 cm³/mol.